The van der Waals surface area contributed by atoms with Crippen LogP contribution in [-0.2, 0) is 0 Å². The molecular formula is C18H18N4O. The van der Waals surface area contributed by atoms with Crippen LogP contribution in [0.5, 0.6) is 0 Å². The van der Waals surface area contributed by atoms with Gasteiger partial charge in [-0.1, -0.05) is 30.3 Å². The van der Waals surface area contributed by atoms with Gasteiger partial charge in [0, 0.05) is 18.7 Å². The zero-order valence-electron chi connectivity index (χ0n) is 12.9. The summed E-state index contributed by atoms with van der Waals surface area (Å²) in [5, 5.41) is 4.66. The van der Waals surface area contributed by atoms with Gasteiger partial charge in [-0.3, -0.25) is 4.79 Å². The first-order chi connectivity index (χ1) is 11.4. The number of nitrogens with zero attached hydrogens (tertiary/aromatic N) is 4. The number of benzene rings is 1. The van der Waals surface area contributed by atoms with Crippen molar-refractivity contribution in [1.82, 2.24) is 14.6 Å². The molecule has 1 aromatic carbocycles. The SMILES string of the molecule is O=Cc1c(-c2ccccc2)nc2ccc(N3CCCCC3)nn12. The largest absolute Gasteiger partial charge is 0.355 e. The highest BCUT2D eigenvalue weighted by atomic mass is 16.1. The topological polar surface area (TPSA) is 50.5 Å². The molecule has 4 rings (SSSR count). The van der Waals surface area contributed by atoms with Crippen LogP contribution < -0.4 is 4.90 Å². The Bertz CT molecular complexity index is 835. The van der Waals surface area contributed by atoms with Gasteiger partial charge in [-0.05, 0) is 31.4 Å². The monoisotopic (exact) mass is 306 g/mol. The van der Waals surface area contributed by atoms with Crippen molar-refractivity contribution in [3.8, 4) is 11.3 Å². The maximum atomic E-state index is 11.6. The Kier molecular flexibility index (Phi) is 3.54. The van der Waals surface area contributed by atoms with Crippen LogP contribution in [0.25, 0.3) is 16.9 Å². The summed E-state index contributed by atoms with van der Waals surface area (Å²) in [6, 6.07) is 13.7. The number of piperidine rings is 1. The lowest BCUT2D eigenvalue weighted by molar-refractivity contribution is 0.111. The number of aromatic nitrogens is 3. The van der Waals surface area contributed by atoms with Gasteiger partial charge >= 0.3 is 0 Å². The van der Waals surface area contributed by atoms with Crippen LogP contribution in [0.1, 0.15) is 29.8 Å². The van der Waals surface area contributed by atoms with Gasteiger partial charge in [0.1, 0.15) is 17.2 Å². The number of rotatable bonds is 3. The number of carbonyl (C=O) groups excluding carboxylic acids is 1. The molecule has 0 saturated carbocycles. The number of hydrogen-bond donors (Lipinski definition) is 0. The first-order valence-electron chi connectivity index (χ1n) is 8.02. The average Bonchev–Trinajstić information content (AvgIpc) is 3.01. The molecular weight excluding hydrogens is 288 g/mol. The summed E-state index contributed by atoms with van der Waals surface area (Å²) in [4.78, 5) is 18.5. The normalized spacial score (nSPS) is 15.0. The van der Waals surface area contributed by atoms with Gasteiger partial charge in [-0.15, -0.1) is 5.10 Å². The second-order valence-electron chi connectivity index (χ2n) is 5.84. The fourth-order valence-electron chi connectivity index (χ4n) is 3.15. The molecule has 5 nitrogen and oxygen atoms in total. The Morgan fingerprint density at radius 1 is 0.957 bits per heavy atom. The lowest BCUT2D eigenvalue weighted by Crippen LogP contribution is -2.30. The van der Waals surface area contributed by atoms with Crippen molar-refractivity contribution in [2.24, 2.45) is 0 Å². The molecule has 3 aromatic rings. The zero-order valence-corrected chi connectivity index (χ0v) is 12.9. The third kappa shape index (κ3) is 2.48. The quantitative estimate of drug-likeness (QED) is 0.697. The molecule has 3 heterocycles. The molecule has 1 fully saturated rings. The van der Waals surface area contributed by atoms with Crippen molar-refractivity contribution < 1.29 is 4.79 Å². The van der Waals surface area contributed by atoms with E-state index in [2.05, 4.69) is 15.0 Å². The van der Waals surface area contributed by atoms with Gasteiger partial charge in [0.15, 0.2) is 11.9 Å². The van der Waals surface area contributed by atoms with E-state index in [1.807, 2.05) is 42.5 Å². The van der Waals surface area contributed by atoms with Crippen molar-refractivity contribution in [2.75, 3.05) is 18.0 Å². The summed E-state index contributed by atoms with van der Waals surface area (Å²) in [6.45, 7) is 2.05. The number of carbonyl (C=O) groups is 1. The summed E-state index contributed by atoms with van der Waals surface area (Å²) >= 11 is 0. The van der Waals surface area contributed by atoms with Gasteiger partial charge < -0.3 is 4.90 Å². The second kappa shape index (κ2) is 5.83. The van der Waals surface area contributed by atoms with E-state index in [1.165, 1.54) is 19.3 Å². The second-order valence-corrected chi connectivity index (χ2v) is 5.84. The molecule has 5 heteroatoms. The number of anilines is 1. The van der Waals surface area contributed by atoms with Crippen molar-refractivity contribution >= 4 is 17.8 Å². The number of hydrogen-bond acceptors (Lipinski definition) is 4. The van der Waals surface area contributed by atoms with Crippen molar-refractivity contribution in [3.05, 3.63) is 48.2 Å². The van der Waals surface area contributed by atoms with Crippen molar-refractivity contribution in [1.29, 1.82) is 0 Å². The smallest absolute Gasteiger partial charge is 0.170 e. The van der Waals surface area contributed by atoms with Gasteiger partial charge in [0.2, 0.25) is 0 Å². The van der Waals surface area contributed by atoms with Gasteiger partial charge in [-0.25, -0.2) is 9.50 Å². The number of fused-ring (bicyclic) bond motifs is 1. The minimum Gasteiger partial charge on any atom is -0.355 e. The van der Waals surface area contributed by atoms with Gasteiger partial charge in [0.25, 0.3) is 0 Å². The van der Waals surface area contributed by atoms with Crippen LogP contribution >= 0.6 is 0 Å². The molecule has 0 amide bonds. The summed E-state index contributed by atoms with van der Waals surface area (Å²) in [5.41, 5.74) is 2.82. The van der Waals surface area contributed by atoms with E-state index < -0.39 is 0 Å². The summed E-state index contributed by atoms with van der Waals surface area (Å²) < 4.78 is 1.67. The molecule has 23 heavy (non-hydrogen) atoms. The molecule has 0 atom stereocenters. The lowest BCUT2D eigenvalue weighted by Gasteiger charge is -2.27. The molecule has 1 aliphatic heterocycles. The third-order valence-electron chi connectivity index (χ3n) is 4.34. The fourth-order valence-corrected chi connectivity index (χ4v) is 3.15. The summed E-state index contributed by atoms with van der Waals surface area (Å²) in [7, 11) is 0. The van der Waals surface area contributed by atoms with E-state index >= 15 is 0 Å². The highest BCUT2D eigenvalue weighted by molar-refractivity contribution is 5.86. The van der Waals surface area contributed by atoms with Crippen molar-refractivity contribution in [2.45, 2.75) is 19.3 Å². The van der Waals surface area contributed by atoms with E-state index in [9.17, 15) is 4.79 Å². The Labute approximate surface area is 134 Å². The Hall–Kier alpha value is -2.69. The van der Waals surface area contributed by atoms with Crippen LogP contribution in [0, 0.1) is 0 Å². The fraction of sp³-hybridized carbons (Fsp3) is 0.278. The average molecular weight is 306 g/mol. The maximum absolute atomic E-state index is 11.6. The van der Waals surface area contributed by atoms with E-state index in [1.54, 1.807) is 4.52 Å². The molecule has 1 aliphatic rings. The predicted molar refractivity (Wildman–Crippen MR) is 89.9 cm³/mol. The molecule has 0 bridgehead atoms. The molecule has 0 spiro atoms. The van der Waals surface area contributed by atoms with Gasteiger partial charge in [0.05, 0.1) is 0 Å². The number of imidazole rings is 1. The molecule has 116 valence electrons. The molecule has 2 aromatic heterocycles. The summed E-state index contributed by atoms with van der Waals surface area (Å²) in [6.07, 6.45) is 4.51. The van der Waals surface area contributed by atoms with Crippen LogP contribution in [0.4, 0.5) is 5.82 Å². The standard InChI is InChI=1S/C18H18N4O/c23-13-15-18(14-7-3-1-4-8-14)19-16-9-10-17(20-22(15)16)21-11-5-2-6-12-21/h1,3-4,7-10,13H,2,5-6,11-12H2. The highest BCUT2D eigenvalue weighted by Crippen LogP contribution is 2.24. The summed E-state index contributed by atoms with van der Waals surface area (Å²) in [5.74, 6) is 0.914. The molecule has 0 radical (unpaired) electrons. The van der Waals surface area contributed by atoms with E-state index in [0.29, 0.717) is 17.0 Å². The highest BCUT2D eigenvalue weighted by Gasteiger charge is 2.17. The first-order valence-corrected chi connectivity index (χ1v) is 8.02. The van der Waals surface area contributed by atoms with E-state index in [-0.39, 0.29) is 0 Å². The number of aldehydes is 1. The minimum atomic E-state index is 0.505. The van der Waals surface area contributed by atoms with Crippen LogP contribution in [0.3, 0.4) is 0 Å². The Balaban J connectivity index is 1.83. The van der Waals surface area contributed by atoms with E-state index in [4.69, 9.17) is 0 Å². The zero-order chi connectivity index (χ0) is 15.6. The maximum Gasteiger partial charge on any atom is 0.170 e. The first kappa shape index (κ1) is 13.9. The predicted octanol–water partition coefficient (Wildman–Crippen LogP) is 3.20. The van der Waals surface area contributed by atoms with Crippen LogP contribution in [-0.4, -0.2) is 34.0 Å². The Morgan fingerprint density at radius 2 is 1.74 bits per heavy atom. The minimum absolute atomic E-state index is 0.505. The Morgan fingerprint density at radius 3 is 2.48 bits per heavy atom. The molecule has 0 aliphatic carbocycles. The molecule has 0 N–H and O–H groups in total. The molecule has 0 unspecified atom stereocenters. The third-order valence-corrected chi connectivity index (χ3v) is 4.34. The van der Waals surface area contributed by atoms with Crippen molar-refractivity contribution in [3.63, 3.8) is 0 Å². The lowest BCUT2D eigenvalue weighted by atomic mass is 10.1. The van der Waals surface area contributed by atoms with E-state index in [0.717, 1.165) is 30.8 Å². The van der Waals surface area contributed by atoms with Gasteiger partial charge in [-0.2, -0.15) is 0 Å². The van der Waals surface area contributed by atoms with Crippen LogP contribution in [0.2, 0.25) is 0 Å². The van der Waals surface area contributed by atoms with Crippen LogP contribution in [0.15, 0.2) is 42.5 Å². The molecule has 1 saturated heterocycles.